The van der Waals surface area contributed by atoms with Crippen LogP contribution >= 0.6 is 0 Å². The minimum absolute atomic E-state index is 0.343. The number of rotatable bonds is 3. The van der Waals surface area contributed by atoms with E-state index in [0.717, 1.165) is 12.1 Å². The van der Waals surface area contributed by atoms with E-state index in [9.17, 15) is 26.3 Å². The molecule has 0 amide bonds. The predicted octanol–water partition coefficient (Wildman–Crippen LogP) is 4.26. The van der Waals surface area contributed by atoms with Crippen molar-refractivity contribution in [3.8, 4) is 12.3 Å². The van der Waals surface area contributed by atoms with Crippen LogP contribution in [0, 0.1) is 18.9 Å². The third-order valence-electron chi connectivity index (χ3n) is 2.42. The smallest absolute Gasteiger partial charge is 0.351 e. The molecule has 0 saturated carbocycles. The summed E-state index contributed by atoms with van der Waals surface area (Å²) in [5.41, 5.74) is -2.32. The number of anilines is 1. The first-order valence-electron chi connectivity index (χ1n) is 5.42. The van der Waals surface area contributed by atoms with E-state index in [1.807, 2.05) is 5.92 Å². The van der Waals surface area contributed by atoms with Crippen LogP contribution in [0.15, 0.2) is 18.2 Å². The third-order valence-corrected chi connectivity index (χ3v) is 2.42. The van der Waals surface area contributed by atoms with Crippen molar-refractivity contribution in [1.82, 2.24) is 0 Å². The lowest BCUT2D eigenvalue weighted by Crippen LogP contribution is -2.34. The summed E-state index contributed by atoms with van der Waals surface area (Å²) in [7, 11) is 0. The second kappa shape index (κ2) is 5.96. The van der Waals surface area contributed by atoms with E-state index in [1.165, 1.54) is 0 Å². The average molecular weight is 306 g/mol. The topological polar surface area (TPSA) is 7.60 Å². The quantitative estimate of drug-likeness (QED) is 0.460. The van der Waals surface area contributed by atoms with Crippen molar-refractivity contribution in [2.24, 2.45) is 0 Å². The highest BCUT2D eigenvalue weighted by molar-refractivity contribution is 5.62. The van der Waals surface area contributed by atoms with Gasteiger partial charge in [0.2, 0.25) is 0 Å². The van der Waals surface area contributed by atoms with Gasteiger partial charge in [-0.25, -0.2) is 4.85 Å². The number of hydrogen-bond acceptors (Lipinski definition) is 1. The Bertz CT molecular complexity index is 589. The highest BCUT2D eigenvalue weighted by Gasteiger charge is 2.35. The fourth-order valence-electron chi connectivity index (χ4n) is 1.61. The van der Waals surface area contributed by atoms with Crippen molar-refractivity contribution in [2.45, 2.75) is 12.4 Å². The van der Waals surface area contributed by atoms with E-state index in [1.54, 1.807) is 0 Å². The number of hydrogen-bond donors (Lipinski definition) is 0. The zero-order valence-corrected chi connectivity index (χ0v) is 10.4. The fraction of sp³-hybridized carbons (Fsp3) is 0.308. The SMILES string of the molecule is [C-]#[N+]c1ccc(N(CC#C)CC(F)(F)F)cc1C(F)(F)F. The van der Waals surface area contributed by atoms with E-state index in [4.69, 9.17) is 13.0 Å². The van der Waals surface area contributed by atoms with Crippen molar-refractivity contribution in [2.75, 3.05) is 18.0 Å². The lowest BCUT2D eigenvalue weighted by atomic mass is 10.1. The van der Waals surface area contributed by atoms with Crippen LogP contribution in [0.3, 0.4) is 0 Å². The Balaban J connectivity index is 3.29. The molecule has 8 heteroatoms. The molecule has 0 aliphatic carbocycles. The molecule has 0 radical (unpaired) electrons. The minimum atomic E-state index is -4.84. The van der Waals surface area contributed by atoms with Gasteiger partial charge in [-0.1, -0.05) is 12.0 Å². The molecule has 1 aromatic carbocycles. The van der Waals surface area contributed by atoms with Gasteiger partial charge in [0.25, 0.3) is 0 Å². The van der Waals surface area contributed by atoms with Gasteiger partial charge in [-0.3, -0.25) is 0 Å². The fourth-order valence-corrected chi connectivity index (χ4v) is 1.61. The van der Waals surface area contributed by atoms with Gasteiger partial charge in [0.05, 0.1) is 18.7 Å². The van der Waals surface area contributed by atoms with Gasteiger partial charge in [0, 0.05) is 5.69 Å². The van der Waals surface area contributed by atoms with Crippen LogP contribution in [0.1, 0.15) is 5.56 Å². The standard InChI is InChI=1S/C13H8F6N2/c1-3-6-21(8-12(14,15)16)9-4-5-11(20-2)10(7-9)13(17,18)19/h1,4-5,7H,6,8H2. The first-order chi connectivity index (χ1) is 9.58. The Morgan fingerprint density at radius 1 is 1.19 bits per heavy atom. The maximum absolute atomic E-state index is 12.8. The molecule has 112 valence electrons. The average Bonchev–Trinajstić information content (AvgIpc) is 2.35. The van der Waals surface area contributed by atoms with E-state index < -0.39 is 36.7 Å². The lowest BCUT2D eigenvalue weighted by Gasteiger charge is -2.25. The Morgan fingerprint density at radius 2 is 1.81 bits per heavy atom. The minimum Gasteiger partial charge on any atom is -0.351 e. The number of terminal acetylenes is 1. The predicted molar refractivity (Wildman–Crippen MR) is 64.8 cm³/mol. The molecule has 0 saturated heterocycles. The van der Waals surface area contributed by atoms with Crippen LogP contribution in [-0.2, 0) is 6.18 Å². The summed E-state index contributed by atoms with van der Waals surface area (Å²) in [6.07, 6.45) is -4.52. The molecule has 0 aliphatic rings. The van der Waals surface area contributed by atoms with Crippen molar-refractivity contribution in [3.63, 3.8) is 0 Å². The van der Waals surface area contributed by atoms with Crippen molar-refractivity contribution < 1.29 is 26.3 Å². The van der Waals surface area contributed by atoms with E-state index >= 15 is 0 Å². The number of alkyl halides is 6. The molecule has 1 rings (SSSR count). The molecule has 1 aromatic rings. The first kappa shape index (κ1) is 16.7. The zero-order valence-electron chi connectivity index (χ0n) is 10.4. The molecule has 0 aliphatic heterocycles. The van der Waals surface area contributed by atoms with Crippen molar-refractivity contribution >= 4 is 11.4 Å². The summed E-state index contributed by atoms with van der Waals surface area (Å²) in [4.78, 5) is 3.29. The Morgan fingerprint density at radius 3 is 2.24 bits per heavy atom. The van der Waals surface area contributed by atoms with Gasteiger partial charge in [0.1, 0.15) is 6.54 Å². The summed E-state index contributed by atoms with van der Waals surface area (Å²) in [6, 6.07) is 2.33. The molecule has 2 nitrogen and oxygen atoms in total. The lowest BCUT2D eigenvalue weighted by molar-refractivity contribution is -0.136. The molecule has 0 aromatic heterocycles. The number of nitrogens with zero attached hydrogens (tertiary/aromatic N) is 2. The van der Waals surface area contributed by atoms with Crippen LogP contribution < -0.4 is 4.90 Å². The van der Waals surface area contributed by atoms with Gasteiger partial charge < -0.3 is 4.90 Å². The molecule has 21 heavy (non-hydrogen) atoms. The molecule has 0 spiro atoms. The van der Waals surface area contributed by atoms with Crippen LogP contribution in [0.5, 0.6) is 0 Å². The van der Waals surface area contributed by atoms with Gasteiger partial charge >= 0.3 is 12.4 Å². The number of benzene rings is 1. The van der Waals surface area contributed by atoms with Gasteiger partial charge in [-0.2, -0.15) is 26.3 Å². The normalized spacial score (nSPS) is 11.6. The summed E-state index contributed by atoms with van der Waals surface area (Å²) < 4.78 is 75.6. The van der Waals surface area contributed by atoms with E-state index in [-0.39, 0.29) is 5.69 Å². The van der Waals surface area contributed by atoms with Crippen LogP contribution in [-0.4, -0.2) is 19.3 Å². The summed E-state index contributed by atoms with van der Waals surface area (Å²) in [5.74, 6) is 1.96. The van der Waals surface area contributed by atoms with Gasteiger partial charge in [-0.05, 0) is 12.1 Å². The highest BCUT2D eigenvalue weighted by atomic mass is 19.4. The van der Waals surface area contributed by atoms with Crippen LogP contribution in [0.4, 0.5) is 37.7 Å². The van der Waals surface area contributed by atoms with Crippen molar-refractivity contribution in [1.29, 1.82) is 0 Å². The maximum atomic E-state index is 12.8. The van der Waals surface area contributed by atoms with Crippen molar-refractivity contribution in [3.05, 3.63) is 35.2 Å². The molecule has 0 bridgehead atoms. The van der Waals surface area contributed by atoms with Gasteiger partial charge in [0.15, 0.2) is 5.69 Å². The second-order valence-electron chi connectivity index (χ2n) is 3.99. The molecule has 0 heterocycles. The summed E-state index contributed by atoms with van der Waals surface area (Å²) >= 11 is 0. The Kier molecular flexibility index (Phi) is 4.74. The monoisotopic (exact) mass is 306 g/mol. The Labute approximate surface area is 116 Å². The molecule has 0 N–H and O–H groups in total. The molecular formula is C13H8F6N2. The molecule has 0 fully saturated rings. The molecule has 0 atom stereocenters. The third kappa shape index (κ3) is 4.60. The van der Waals surface area contributed by atoms with E-state index in [0.29, 0.717) is 11.0 Å². The highest BCUT2D eigenvalue weighted by Crippen LogP contribution is 2.39. The first-order valence-corrected chi connectivity index (χ1v) is 5.42. The summed E-state index contributed by atoms with van der Waals surface area (Å²) in [5, 5.41) is 0. The molecule has 0 unspecified atom stereocenters. The van der Waals surface area contributed by atoms with E-state index in [2.05, 4.69) is 4.85 Å². The van der Waals surface area contributed by atoms with Gasteiger partial charge in [-0.15, -0.1) is 6.42 Å². The zero-order chi connectivity index (χ0) is 16.3. The summed E-state index contributed by atoms with van der Waals surface area (Å²) in [6.45, 7) is 4.68. The largest absolute Gasteiger partial charge is 0.407 e. The maximum Gasteiger partial charge on any atom is 0.407 e. The Hall–Kier alpha value is -2.35. The second-order valence-corrected chi connectivity index (χ2v) is 3.99. The number of halogens is 6. The molecular weight excluding hydrogens is 298 g/mol. The van der Waals surface area contributed by atoms with Crippen LogP contribution in [0.25, 0.3) is 4.85 Å². The van der Waals surface area contributed by atoms with Crippen LogP contribution in [0.2, 0.25) is 0 Å².